The summed E-state index contributed by atoms with van der Waals surface area (Å²) in [5.41, 5.74) is 4.38. The number of oxime groups is 1. The maximum absolute atomic E-state index is 6.14. The topological polar surface area (TPSA) is 90.3 Å². The lowest BCUT2D eigenvalue weighted by molar-refractivity contribution is 0.0357. The molecule has 10 heteroatoms. The van der Waals surface area contributed by atoms with E-state index in [4.69, 9.17) is 30.6 Å². The first-order chi connectivity index (χ1) is 20.1. The summed E-state index contributed by atoms with van der Waals surface area (Å²) < 4.78 is 17.2. The number of benzene rings is 3. The molecule has 1 saturated heterocycles. The number of nitrogens with one attached hydrogen (secondary N) is 1. The molecule has 1 N–H and O–H groups in total. The molecule has 2 heterocycles. The quantitative estimate of drug-likeness (QED) is 0.123. The van der Waals surface area contributed by atoms with E-state index >= 15 is 0 Å². The maximum atomic E-state index is 6.14. The highest BCUT2D eigenvalue weighted by Gasteiger charge is 2.14. The van der Waals surface area contributed by atoms with Crippen molar-refractivity contribution < 1.29 is 19.0 Å². The fraction of sp³-hybridized carbons (Fsp3) is 0.323. The number of ether oxygens (including phenoxy) is 3. The molecule has 214 valence electrons. The number of rotatable bonds is 12. The van der Waals surface area contributed by atoms with Crippen LogP contribution in [0.25, 0.3) is 10.9 Å². The lowest BCUT2D eigenvalue weighted by atomic mass is 10.1. The van der Waals surface area contributed by atoms with Crippen LogP contribution in [0.5, 0.6) is 11.5 Å². The Morgan fingerprint density at radius 2 is 1.80 bits per heavy atom. The van der Waals surface area contributed by atoms with Gasteiger partial charge in [-0.15, -0.1) is 0 Å². The van der Waals surface area contributed by atoms with Gasteiger partial charge in [0.1, 0.15) is 18.8 Å². The average Bonchev–Trinajstić information content (AvgIpc) is 3.01. The molecule has 4 aromatic rings. The fourth-order valence-corrected chi connectivity index (χ4v) is 4.63. The summed E-state index contributed by atoms with van der Waals surface area (Å²) in [6, 6.07) is 19.3. The molecular formula is C31H34ClN5O4. The summed E-state index contributed by atoms with van der Waals surface area (Å²) in [6.45, 7) is 7.38. The number of halogens is 1. The number of hydrogen-bond acceptors (Lipinski definition) is 9. The predicted molar refractivity (Wildman–Crippen MR) is 162 cm³/mol. The number of fused-ring (bicyclic) bond motifs is 1. The van der Waals surface area contributed by atoms with Gasteiger partial charge in [0.15, 0.2) is 11.5 Å². The fourth-order valence-electron chi connectivity index (χ4n) is 4.50. The predicted octanol–water partition coefficient (Wildman–Crippen LogP) is 6.08. The number of anilines is 2. The third-order valence-corrected chi connectivity index (χ3v) is 7.06. The van der Waals surface area contributed by atoms with E-state index in [9.17, 15) is 0 Å². The number of methoxy groups -OCH3 is 1. The zero-order chi connectivity index (χ0) is 28.4. The number of nitrogens with zero attached hydrogens (tertiary/aromatic N) is 4. The summed E-state index contributed by atoms with van der Waals surface area (Å²) in [7, 11) is 1.64. The van der Waals surface area contributed by atoms with E-state index in [1.54, 1.807) is 7.11 Å². The number of aromatic nitrogens is 2. The summed E-state index contributed by atoms with van der Waals surface area (Å²) >= 11 is 5.94. The van der Waals surface area contributed by atoms with Gasteiger partial charge in [0.05, 0.1) is 38.2 Å². The maximum Gasteiger partial charge on any atom is 0.162 e. The van der Waals surface area contributed by atoms with Gasteiger partial charge >= 0.3 is 0 Å². The van der Waals surface area contributed by atoms with Crippen LogP contribution in [-0.4, -0.2) is 67.1 Å². The molecule has 0 spiro atoms. The van der Waals surface area contributed by atoms with E-state index in [0.29, 0.717) is 35.6 Å². The van der Waals surface area contributed by atoms with Gasteiger partial charge in [-0.1, -0.05) is 41.0 Å². The molecule has 3 aromatic carbocycles. The Morgan fingerprint density at radius 1 is 1.02 bits per heavy atom. The molecule has 0 saturated carbocycles. The summed E-state index contributed by atoms with van der Waals surface area (Å²) in [6.07, 6.45) is 2.45. The van der Waals surface area contributed by atoms with Crippen LogP contribution in [-0.2, 0) is 16.2 Å². The number of hydrogen-bond donors (Lipinski definition) is 1. The molecule has 0 radical (unpaired) electrons. The summed E-state index contributed by atoms with van der Waals surface area (Å²) in [5.74, 6) is 1.99. The van der Waals surface area contributed by atoms with E-state index in [2.05, 4.69) is 25.3 Å². The molecule has 0 atom stereocenters. The minimum Gasteiger partial charge on any atom is -0.493 e. The van der Waals surface area contributed by atoms with E-state index in [1.807, 2.05) is 67.6 Å². The number of morpholine rings is 1. The molecule has 41 heavy (non-hydrogen) atoms. The zero-order valence-corrected chi connectivity index (χ0v) is 24.1. The second-order valence-electron chi connectivity index (χ2n) is 9.68. The van der Waals surface area contributed by atoms with Crippen molar-refractivity contribution in [2.75, 3.05) is 51.9 Å². The molecule has 1 aliphatic heterocycles. The lowest BCUT2D eigenvalue weighted by Gasteiger charge is -2.26. The van der Waals surface area contributed by atoms with Crippen molar-refractivity contribution in [2.45, 2.75) is 20.0 Å². The van der Waals surface area contributed by atoms with Crippen molar-refractivity contribution in [1.82, 2.24) is 14.9 Å². The molecule has 1 aromatic heterocycles. The van der Waals surface area contributed by atoms with Crippen molar-refractivity contribution in [2.24, 2.45) is 5.16 Å². The molecule has 1 aliphatic rings. The molecule has 9 nitrogen and oxygen atoms in total. The molecule has 0 aliphatic carbocycles. The Labute approximate surface area is 245 Å². The van der Waals surface area contributed by atoms with Crippen LogP contribution in [0.4, 0.5) is 11.5 Å². The Kier molecular flexibility index (Phi) is 9.85. The van der Waals surface area contributed by atoms with Crippen molar-refractivity contribution in [1.29, 1.82) is 0 Å². The lowest BCUT2D eigenvalue weighted by Crippen LogP contribution is -2.37. The van der Waals surface area contributed by atoms with Gasteiger partial charge < -0.3 is 24.4 Å². The second-order valence-corrected chi connectivity index (χ2v) is 10.1. The van der Waals surface area contributed by atoms with Crippen molar-refractivity contribution >= 4 is 39.7 Å². The second kappa shape index (κ2) is 14.1. The smallest absolute Gasteiger partial charge is 0.162 e. The van der Waals surface area contributed by atoms with Crippen LogP contribution in [0.1, 0.15) is 24.5 Å². The highest BCUT2D eigenvalue weighted by Crippen LogP contribution is 2.35. The molecule has 0 unspecified atom stereocenters. The highest BCUT2D eigenvalue weighted by atomic mass is 35.5. The van der Waals surface area contributed by atoms with Gasteiger partial charge in [-0.2, -0.15) is 0 Å². The Bertz CT molecular complexity index is 1460. The monoisotopic (exact) mass is 575 g/mol. The SMILES string of the molecule is COc1cc2ncnc(Nc3ccc(/C(C)=N/OCc4ccc(Cl)cc4)cc3)c2cc1OCCCN1CCOCC1. The van der Waals surface area contributed by atoms with Crippen LogP contribution in [0.2, 0.25) is 5.02 Å². The zero-order valence-electron chi connectivity index (χ0n) is 23.3. The van der Waals surface area contributed by atoms with Crippen molar-refractivity contribution in [3.8, 4) is 11.5 Å². The molecule has 1 fully saturated rings. The molecule has 0 bridgehead atoms. The van der Waals surface area contributed by atoms with E-state index in [1.165, 1.54) is 6.33 Å². The van der Waals surface area contributed by atoms with Crippen LogP contribution in [0.3, 0.4) is 0 Å². The average molecular weight is 576 g/mol. The third-order valence-electron chi connectivity index (χ3n) is 6.81. The summed E-state index contributed by atoms with van der Waals surface area (Å²) in [5, 5.41) is 9.20. The van der Waals surface area contributed by atoms with Gasteiger partial charge in [-0.25, -0.2) is 9.97 Å². The molecular weight excluding hydrogens is 542 g/mol. The largest absolute Gasteiger partial charge is 0.493 e. The Hall–Kier alpha value is -3.92. The van der Waals surface area contributed by atoms with E-state index < -0.39 is 0 Å². The summed E-state index contributed by atoms with van der Waals surface area (Å²) in [4.78, 5) is 16.9. The molecule has 0 amide bonds. The normalized spacial score (nSPS) is 14.2. The standard InChI is InChI=1S/C31H34ClN5O4/c1-22(36-41-20-23-4-8-25(32)9-5-23)24-6-10-26(11-7-24)35-31-27-18-30(29(38-2)19-28(27)33-21-34-31)40-15-3-12-37-13-16-39-17-14-37/h4-11,18-19,21H,3,12-17,20H2,1-2H3,(H,33,34,35)/b36-22+. The van der Waals surface area contributed by atoms with Crippen molar-refractivity contribution in [3.05, 3.63) is 83.1 Å². The van der Waals surface area contributed by atoms with Crippen LogP contribution in [0.15, 0.2) is 72.1 Å². The first kappa shape index (κ1) is 28.6. The Balaban J connectivity index is 1.23. The minimum atomic E-state index is 0.374. The van der Waals surface area contributed by atoms with Crippen LogP contribution < -0.4 is 14.8 Å². The van der Waals surface area contributed by atoms with Crippen LogP contribution >= 0.6 is 11.6 Å². The Morgan fingerprint density at radius 3 is 2.56 bits per heavy atom. The van der Waals surface area contributed by atoms with Gasteiger partial charge in [0.25, 0.3) is 0 Å². The van der Waals surface area contributed by atoms with Crippen molar-refractivity contribution in [3.63, 3.8) is 0 Å². The van der Waals surface area contributed by atoms with Crippen LogP contribution in [0, 0.1) is 0 Å². The highest BCUT2D eigenvalue weighted by molar-refractivity contribution is 6.30. The molecule has 5 rings (SSSR count). The van der Waals surface area contributed by atoms with Gasteiger partial charge in [-0.05, 0) is 54.8 Å². The van der Waals surface area contributed by atoms with Gasteiger partial charge in [-0.3, -0.25) is 4.90 Å². The van der Waals surface area contributed by atoms with E-state index in [0.717, 1.165) is 72.7 Å². The van der Waals surface area contributed by atoms with Gasteiger partial charge in [0.2, 0.25) is 0 Å². The first-order valence-corrected chi connectivity index (χ1v) is 14.0. The minimum absolute atomic E-state index is 0.374. The third kappa shape index (κ3) is 7.85. The first-order valence-electron chi connectivity index (χ1n) is 13.6. The van der Waals surface area contributed by atoms with E-state index in [-0.39, 0.29) is 0 Å². The van der Waals surface area contributed by atoms with Gasteiger partial charge in [0, 0.05) is 41.8 Å².